The van der Waals surface area contributed by atoms with Gasteiger partial charge in [-0.1, -0.05) is 137 Å². The van der Waals surface area contributed by atoms with Crippen LogP contribution in [0.5, 0.6) is 0 Å². The Bertz CT molecular complexity index is 2460. The second-order valence-corrected chi connectivity index (χ2v) is 22.3. The highest BCUT2D eigenvalue weighted by Gasteiger charge is 2.42. The molecule has 1 unspecified atom stereocenters. The lowest BCUT2D eigenvalue weighted by Gasteiger charge is -2.43. The Morgan fingerprint density at radius 2 is 0.846 bits per heavy atom. The van der Waals surface area contributed by atoms with Crippen molar-refractivity contribution in [2.75, 3.05) is 53.4 Å². The van der Waals surface area contributed by atoms with E-state index in [0.717, 1.165) is 38.5 Å². The molecule has 4 aliphatic rings. The van der Waals surface area contributed by atoms with Crippen LogP contribution in [0.15, 0.2) is 109 Å². The summed E-state index contributed by atoms with van der Waals surface area (Å²) in [7, 11) is 3.43. The number of carbonyl (C=O) groups excluding carboxylic acids is 6. The molecule has 2 saturated heterocycles. The number of hydrogen-bond donors (Lipinski definition) is 6. The predicted molar refractivity (Wildman–Crippen MR) is 306 cm³/mol. The van der Waals surface area contributed by atoms with Crippen LogP contribution >= 0.6 is 0 Å². The van der Waals surface area contributed by atoms with Crippen LogP contribution in [0.1, 0.15) is 113 Å². The number of nitrogens with zero attached hydrogens (tertiary/aromatic N) is 4. The zero-order valence-electron chi connectivity index (χ0n) is 47.3. The Labute approximate surface area is 463 Å². The fourth-order valence-corrected chi connectivity index (χ4v) is 11.2. The van der Waals surface area contributed by atoms with Crippen LogP contribution in [0.2, 0.25) is 0 Å². The zero-order valence-corrected chi connectivity index (χ0v) is 47.3. The Hall–Kier alpha value is -6.46. The lowest BCUT2D eigenvalue weighted by atomic mass is 9.87. The lowest BCUT2D eigenvalue weighted by Crippen LogP contribution is -2.64. The van der Waals surface area contributed by atoms with Crippen molar-refractivity contribution >= 4 is 35.4 Å². The number of piperazine rings is 2. The molecule has 2 fully saturated rings. The van der Waals surface area contributed by atoms with Gasteiger partial charge in [-0.15, -0.1) is 0 Å². The molecule has 78 heavy (non-hydrogen) atoms. The van der Waals surface area contributed by atoms with Crippen LogP contribution < -0.4 is 31.9 Å². The lowest BCUT2D eigenvalue weighted by molar-refractivity contribution is -0.148. The average Bonchev–Trinajstić information content (AvgIpc) is 3.51. The largest absolute Gasteiger partial charge is 0.347 e. The molecule has 6 amide bonds. The number of carbonyl (C=O) groups is 6. The first-order valence-electron chi connectivity index (χ1n) is 28.4. The number of benzene rings is 4. The molecule has 2 aliphatic heterocycles. The van der Waals surface area contributed by atoms with Gasteiger partial charge in [0.2, 0.25) is 35.4 Å². The first-order valence-corrected chi connectivity index (χ1v) is 28.4. The van der Waals surface area contributed by atoms with Crippen molar-refractivity contribution in [3.05, 3.63) is 143 Å². The normalized spacial score (nSPS) is 21.1. The molecule has 2 heterocycles. The van der Waals surface area contributed by atoms with Crippen molar-refractivity contribution in [1.82, 2.24) is 51.5 Å². The molecule has 2 aliphatic carbocycles. The van der Waals surface area contributed by atoms with Crippen molar-refractivity contribution < 1.29 is 28.8 Å². The number of aryl methyl sites for hydroxylation is 2. The molecular weight excluding hydrogens is 981 g/mol. The van der Waals surface area contributed by atoms with E-state index >= 15 is 0 Å². The molecule has 16 nitrogen and oxygen atoms in total. The highest BCUT2D eigenvalue weighted by atomic mass is 16.2. The summed E-state index contributed by atoms with van der Waals surface area (Å²) >= 11 is 0. The molecule has 16 heteroatoms. The minimum Gasteiger partial charge on any atom is -0.347 e. The Kier molecular flexibility index (Phi) is 21.6. The van der Waals surface area contributed by atoms with Crippen molar-refractivity contribution in [3.8, 4) is 0 Å². The second-order valence-electron chi connectivity index (χ2n) is 22.3. The first-order chi connectivity index (χ1) is 37.6. The summed E-state index contributed by atoms with van der Waals surface area (Å²) in [5, 5.41) is 18.3. The van der Waals surface area contributed by atoms with E-state index in [1.165, 1.54) is 33.4 Å². The molecule has 4 aromatic carbocycles. The SMILES string of the molecule is CN[C@@H](C)C(=O)N[C@H](C(=O)N1CCN(Cc2ccccc2)C[C@H]1C(=O)NC1CCCc2ccccc21)C(C)C.CN[C@@H](C)C(=O)N[C@H](C(=O)N1CCN(Cc2ccccc2)C[C@H]1C(=O)N[C@@H]1CCCc2ccccc21)C(C)C. The molecular formula is C62H86N10O6. The van der Waals surface area contributed by atoms with E-state index in [9.17, 15) is 28.8 Å². The van der Waals surface area contributed by atoms with Crippen LogP contribution in [0.3, 0.4) is 0 Å². The number of hydrogen-bond acceptors (Lipinski definition) is 10. The Balaban J connectivity index is 0.000000226. The maximum atomic E-state index is 13.9. The van der Waals surface area contributed by atoms with Crippen LogP contribution in [0.4, 0.5) is 0 Å². The molecule has 420 valence electrons. The summed E-state index contributed by atoms with van der Waals surface area (Å²) in [5.74, 6) is -1.39. The molecule has 0 bridgehead atoms. The molecule has 6 N–H and O–H groups in total. The fraction of sp³-hybridized carbons (Fsp3) is 0.516. The maximum Gasteiger partial charge on any atom is 0.246 e. The summed E-state index contributed by atoms with van der Waals surface area (Å²) in [6.07, 6.45) is 5.82. The molecule has 0 aromatic heterocycles. The van der Waals surface area contributed by atoms with Crippen LogP contribution in [0.25, 0.3) is 0 Å². The Morgan fingerprint density at radius 3 is 1.21 bits per heavy atom. The Morgan fingerprint density at radius 1 is 0.487 bits per heavy atom. The van der Waals surface area contributed by atoms with Gasteiger partial charge in [0.15, 0.2) is 0 Å². The monoisotopic (exact) mass is 1070 g/mol. The molecule has 8 rings (SSSR count). The van der Waals surface area contributed by atoms with Gasteiger partial charge in [-0.3, -0.25) is 38.6 Å². The molecule has 0 radical (unpaired) electrons. The van der Waals surface area contributed by atoms with Crippen molar-refractivity contribution in [2.24, 2.45) is 11.8 Å². The number of amides is 6. The highest BCUT2D eigenvalue weighted by molar-refractivity contribution is 5.95. The van der Waals surface area contributed by atoms with Gasteiger partial charge >= 0.3 is 0 Å². The third-order valence-electron chi connectivity index (χ3n) is 16.1. The highest BCUT2D eigenvalue weighted by Crippen LogP contribution is 2.32. The maximum absolute atomic E-state index is 13.9. The zero-order chi connectivity index (χ0) is 55.9. The van der Waals surface area contributed by atoms with Gasteiger partial charge in [0.25, 0.3) is 0 Å². The van der Waals surface area contributed by atoms with Crippen LogP contribution in [-0.2, 0) is 54.7 Å². The topological polar surface area (TPSA) is 188 Å². The number of likely N-dealkylation sites (N-methyl/N-ethyl adjacent to an activating group) is 2. The fourth-order valence-electron chi connectivity index (χ4n) is 11.2. The van der Waals surface area contributed by atoms with E-state index in [4.69, 9.17) is 0 Å². The quantitative estimate of drug-likeness (QED) is 0.0766. The van der Waals surface area contributed by atoms with Gasteiger partial charge in [0, 0.05) is 52.4 Å². The summed E-state index contributed by atoms with van der Waals surface area (Å²) in [6, 6.07) is 33.3. The van der Waals surface area contributed by atoms with E-state index in [-0.39, 0.29) is 59.4 Å². The van der Waals surface area contributed by atoms with Gasteiger partial charge in [-0.25, -0.2) is 0 Å². The summed E-state index contributed by atoms with van der Waals surface area (Å²) < 4.78 is 0. The van der Waals surface area contributed by atoms with Crippen LogP contribution in [-0.4, -0.2) is 145 Å². The van der Waals surface area contributed by atoms with Gasteiger partial charge in [0.05, 0.1) is 24.2 Å². The van der Waals surface area contributed by atoms with Crippen molar-refractivity contribution in [2.45, 2.75) is 141 Å². The summed E-state index contributed by atoms with van der Waals surface area (Å²) in [5.41, 5.74) is 7.23. The minimum absolute atomic E-state index is 0.0685. The van der Waals surface area contributed by atoms with Gasteiger partial charge in [0.1, 0.15) is 24.2 Å². The first kappa shape index (κ1) is 59.2. The average molecular weight is 1070 g/mol. The van der Waals surface area contributed by atoms with Crippen LogP contribution in [0, 0.1) is 11.8 Å². The molecule has 0 spiro atoms. The minimum atomic E-state index is -0.709. The second kappa shape index (κ2) is 28.4. The van der Waals surface area contributed by atoms with Crippen molar-refractivity contribution in [3.63, 3.8) is 0 Å². The third-order valence-corrected chi connectivity index (χ3v) is 16.1. The van der Waals surface area contributed by atoms with E-state index in [2.05, 4.69) is 90.2 Å². The van der Waals surface area contributed by atoms with Gasteiger partial charge in [-0.05, 0) is 112 Å². The predicted octanol–water partition coefficient (Wildman–Crippen LogP) is 5.28. The van der Waals surface area contributed by atoms with Crippen molar-refractivity contribution in [1.29, 1.82) is 0 Å². The standard InChI is InChI=1S/2C31H43N5O3/c2*1-21(2)28(34-29(37)22(3)32-4)31(39)36-18-17-35(19-23-11-6-5-7-12-23)20-27(36)30(38)33-26-16-10-14-24-13-8-9-15-25(24)26/h2*5-9,11-13,15,21-22,26-28,32H,10,14,16-20H2,1-4H3,(H,33,38)(H,34,37)/t22-,26?,27-,28-;22-,26+,27-,28-/m00/s1. The molecule has 4 aromatic rings. The summed E-state index contributed by atoms with van der Waals surface area (Å²) in [4.78, 5) is 89.0. The van der Waals surface area contributed by atoms with Gasteiger partial charge in [-0.2, -0.15) is 0 Å². The van der Waals surface area contributed by atoms with Gasteiger partial charge < -0.3 is 41.7 Å². The number of nitrogens with one attached hydrogen (secondary N) is 6. The summed E-state index contributed by atoms with van der Waals surface area (Å²) in [6.45, 7) is 15.7. The molecule has 0 saturated carbocycles. The molecule has 8 atom stereocenters. The van der Waals surface area contributed by atoms with E-state index in [1.807, 2.05) is 88.4 Å². The van der Waals surface area contributed by atoms with E-state index in [1.54, 1.807) is 37.7 Å². The van der Waals surface area contributed by atoms with E-state index in [0.29, 0.717) is 52.4 Å². The third kappa shape index (κ3) is 15.4. The number of rotatable bonds is 18. The number of fused-ring (bicyclic) bond motifs is 2. The van der Waals surface area contributed by atoms with E-state index < -0.39 is 36.3 Å². The smallest absolute Gasteiger partial charge is 0.246 e.